The van der Waals surface area contributed by atoms with Crippen molar-refractivity contribution in [3.63, 3.8) is 0 Å². The van der Waals surface area contributed by atoms with Crippen LogP contribution in [0.25, 0.3) is 6.08 Å². The Balaban J connectivity index is 1.88. The quantitative estimate of drug-likeness (QED) is 0.513. The summed E-state index contributed by atoms with van der Waals surface area (Å²) in [5.74, 6) is -0.792. The van der Waals surface area contributed by atoms with Gasteiger partial charge in [-0.1, -0.05) is 24.3 Å². The van der Waals surface area contributed by atoms with Gasteiger partial charge < -0.3 is 14.8 Å². The number of rotatable bonds is 8. The molecule has 0 saturated carbocycles. The smallest absolute Gasteiger partial charge is 0.411 e. The Morgan fingerprint density at radius 1 is 1.03 bits per heavy atom. The number of halogens is 3. The van der Waals surface area contributed by atoms with Gasteiger partial charge in [0.2, 0.25) is 0 Å². The maximum absolute atomic E-state index is 12.3. The normalized spacial score (nSPS) is 11.4. The molecule has 2 aromatic rings. The molecule has 154 valence electrons. The lowest BCUT2D eigenvalue weighted by Crippen LogP contribution is -2.16. The van der Waals surface area contributed by atoms with Gasteiger partial charge in [0.1, 0.15) is 6.61 Å². The van der Waals surface area contributed by atoms with Crippen molar-refractivity contribution in [3.8, 4) is 0 Å². The van der Waals surface area contributed by atoms with Crippen molar-refractivity contribution in [2.75, 3.05) is 18.5 Å². The van der Waals surface area contributed by atoms with Crippen molar-refractivity contribution in [1.29, 1.82) is 0 Å². The molecule has 0 aliphatic carbocycles. The Morgan fingerprint density at radius 2 is 1.69 bits per heavy atom. The molecule has 0 heterocycles. The van der Waals surface area contributed by atoms with E-state index in [1.165, 1.54) is 30.3 Å². The SMILES string of the molecule is CCOC(=O)/C=C/c1ccc(NC(=O)c2ccc(COCC(F)(F)F)cc2)cc1. The predicted molar refractivity (Wildman–Crippen MR) is 102 cm³/mol. The molecule has 1 amide bonds. The second kappa shape index (κ2) is 10.4. The van der Waals surface area contributed by atoms with Crippen molar-refractivity contribution in [2.24, 2.45) is 0 Å². The first-order chi connectivity index (χ1) is 13.8. The topological polar surface area (TPSA) is 64.6 Å². The molecule has 0 bridgehead atoms. The number of alkyl halides is 3. The van der Waals surface area contributed by atoms with Gasteiger partial charge >= 0.3 is 12.1 Å². The van der Waals surface area contributed by atoms with E-state index in [-0.39, 0.29) is 12.5 Å². The van der Waals surface area contributed by atoms with Crippen LogP contribution in [0.2, 0.25) is 0 Å². The molecule has 0 aromatic heterocycles. The Hall–Kier alpha value is -3.13. The average molecular weight is 407 g/mol. The minimum Gasteiger partial charge on any atom is -0.463 e. The molecule has 0 atom stereocenters. The summed E-state index contributed by atoms with van der Waals surface area (Å²) in [5, 5.41) is 2.72. The highest BCUT2D eigenvalue weighted by molar-refractivity contribution is 6.04. The fraction of sp³-hybridized carbons (Fsp3) is 0.238. The van der Waals surface area contributed by atoms with Gasteiger partial charge in [-0.05, 0) is 48.4 Å². The number of amides is 1. The van der Waals surface area contributed by atoms with Gasteiger partial charge in [-0.2, -0.15) is 13.2 Å². The zero-order valence-electron chi connectivity index (χ0n) is 15.7. The van der Waals surface area contributed by atoms with Crippen molar-refractivity contribution < 1.29 is 32.2 Å². The van der Waals surface area contributed by atoms with Crippen LogP contribution < -0.4 is 5.32 Å². The van der Waals surface area contributed by atoms with Gasteiger partial charge in [-0.25, -0.2) is 4.79 Å². The van der Waals surface area contributed by atoms with Gasteiger partial charge in [0, 0.05) is 17.3 Å². The lowest BCUT2D eigenvalue weighted by atomic mass is 10.1. The van der Waals surface area contributed by atoms with Crippen LogP contribution in [-0.2, 0) is 20.9 Å². The molecule has 0 aliphatic rings. The fourth-order valence-corrected chi connectivity index (χ4v) is 2.27. The molecule has 0 saturated heterocycles. The van der Waals surface area contributed by atoms with Gasteiger partial charge in [-0.15, -0.1) is 0 Å². The van der Waals surface area contributed by atoms with Gasteiger partial charge in [0.05, 0.1) is 13.2 Å². The summed E-state index contributed by atoms with van der Waals surface area (Å²) in [4.78, 5) is 23.6. The second-order valence-electron chi connectivity index (χ2n) is 5.97. The highest BCUT2D eigenvalue weighted by atomic mass is 19.4. The van der Waals surface area contributed by atoms with Gasteiger partial charge in [0.25, 0.3) is 5.91 Å². The number of carbonyl (C=O) groups is 2. The van der Waals surface area contributed by atoms with E-state index in [4.69, 9.17) is 4.74 Å². The molecule has 0 aliphatic heterocycles. The Labute approximate surface area is 166 Å². The molecule has 8 heteroatoms. The third kappa shape index (κ3) is 8.18. The lowest BCUT2D eigenvalue weighted by Gasteiger charge is -2.09. The number of benzene rings is 2. The average Bonchev–Trinajstić information content (AvgIpc) is 2.67. The third-order valence-electron chi connectivity index (χ3n) is 3.62. The molecular formula is C21H20F3NO4. The summed E-state index contributed by atoms with van der Waals surface area (Å²) >= 11 is 0. The van der Waals surface area contributed by atoms with Crippen LogP contribution in [-0.4, -0.2) is 31.3 Å². The summed E-state index contributed by atoms with van der Waals surface area (Å²) in [7, 11) is 0. The Kier molecular flexibility index (Phi) is 7.97. The zero-order valence-corrected chi connectivity index (χ0v) is 15.7. The van der Waals surface area contributed by atoms with Crippen LogP contribution in [0.4, 0.5) is 18.9 Å². The lowest BCUT2D eigenvalue weighted by molar-refractivity contribution is -0.176. The monoisotopic (exact) mass is 407 g/mol. The summed E-state index contributed by atoms with van der Waals surface area (Å²) < 4.78 is 45.6. The molecule has 29 heavy (non-hydrogen) atoms. The van der Waals surface area contributed by atoms with Crippen molar-refractivity contribution in [3.05, 3.63) is 71.3 Å². The van der Waals surface area contributed by atoms with Crippen LogP contribution in [0, 0.1) is 0 Å². The van der Waals surface area contributed by atoms with E-state index in [0.29, 0.717) is 23.4 Å². The Morgan fingerprint density at radius 3 is 2.28 bits per heavy atom. The van der Waals surface area contributed by atoms with E-state index in [9.17, 15) is 22.8 Å². The van der Waals surface area contributed by atoms with E-state index in [1.54, 1.807) is 37.3 Å². The van der Waals surface area contributed by atoms with Crippen LogP contribution >= 0.6 is 0 Å². The molecular weight excluding hydrogens is 387 g/mol. The van der Waals surface area contributed by atoms with Gasteiger partial charge in [0.15, 0.2) is 0 Å². The maximum atomic E-state index is 12.3. The molecule has 5 nitrogen and oxygen atoms in total. The standard InChI is InChI=1S/C21H20F3NO4/c1-2-29-19(26)12-7-15-5-10-18(11-6-15)25-20(27)17-8-3-16(4-9-17)13-28-14-21(22,23)24/h3-12H,2,13-14H2,1H3,(H,25,27)/b12-7+. The van der Waals surface area contributed by atoms with E-state index < -0.39 is 18.8 Å². The minimum absolute atomic E-state index is 0.192. The molecule has 0 radical (unpaired) electrons. The molecule has 2 rings (SSSR count). The first-order valence-corrected chi connectivity index (χ1v) is 8.76. The van der Waals surface area contributed by atoms with Crippen LogP contribution in [0.1, 0.15) is 28.4 Å². The molecule has 0 fully saturated rings. The van der Waals surface area contributed by atoms with Crippen LogP contribution in [0.15, 0.2) is 54.6 Å². The van der Waals surface area contributed by atoms with Crippen LogP contribution in [0.5, 0.6) is 0 Å². The summed E-state index contributed by atoms with van der Waals surface area (Å²) in [6.07, 6.45) is -1.45. The van der Waals surface area contributed by atoms with Gasteiger partial charge in [-0.3, -0.25) is 4.79 Å². The molecule has 2 aromatic carbocycles. The number of nitrogens with one attached hydrogen (secondary N) is 1. The third-order valence-corrected chi connectivity index (χ3v) is 3.62. The number of hydrogen-bond donors (Lipinski definition) is 1. The van der Waals surface area contributed by atoms with Crippen molar-refractivity contribution in [1.82, 2.24) is 0 Å². The number of hydrogen-bond acceptors (Lipinski definition) is 4. The number of carbonyl (C=O) groups excluding carboxylic acids is 2. The molecule has 0 spiro atoms. The minimum atomic E-state index is -4.37. The number of ether oxygens (including phenoxy) is 2. The van der Waals surface area contributed by atoms with E-state index >= 15 is 0 Å². The fourth-order valence-electron chi connectivity index (χ4n) is 2.27. The van der Waals surface area contributed by atoms with Crippen molar-refractivity contribution in [2.45, 2.75) is 19.7 Å². The first kappa shape index (κ1) is 22.2. The highest BCUT2D eigenvalue weighted by Crippen LogP contribution is 2.16. The highest BCUT2D eigenvalue weighted by Gasteiger charge is 2.27. The number of esters is 1. The summed E-state index contributed by atoms with van der Waals surface area (Å²) in [6, 6.07) is 12.9. The van der Waals surface area contributed by atoms with E-state index in [1.807, 2.05) is 0 Å². The molecule has 1 N–H and O–H groups in total. The zero-order chi connectivity index (χ0) is 21.3. The second-order valence-corrected chi connectivity index (χ2v) is 5.97. The summed E-state index contributed by atoms with van der Waals surface area (Å²) in [5.41, 5.74) is 2.21. The maximum Gasteiger partial charge on any atom is 0.411 e. The molecule has 0 unspecified atom stereocenters. The first-order valence-electron chi connectivity index (χ1n) is 8.76. The van der Waals surface area contributed by atoms with E-state index in [0.717, 1.165) is 5.56 Å². The predicted octanol–water partition coefficient (Wildman–Crippen LogP) is 4.59. The van der Waals surface area contributed by atoms with Crippen LogP contribution in [0.3, 0.4) is 0 Å². The summed E-state index contributed by atoms with van der Waals surface area (Å²) in [6.45, 7) is 0.511. The largest absolute Gasteiger partial charge is 0.463 e. The van der Waals surface area contributed by atoms with Crippen molar-refractivity contribution >= 4 is 23.6 Å². The Bertz CT molecular complexity index is 844. The van der Waals surface area contributed by atoms with E-state index in [2.05, 4.69) is 10.1 Å². The number of anilines is 1.